The van der Waals surface area contributed by atoms with Gasteiger partial charge in [-0.2, -0.15) is 0 Å². The Morgan fingerprint density at radius 3 is 2.48 bits per heavy atom. The third-order valence-electron chi connectivity index (χ3n) is 3.83. The van der Waals surface area contributed by atoms with E-state index in [1.165, 1.54) is 6.07 Å². The van der Waals surface area contributed by atoms with Gasteiger partial charge in [0.2, 0.25) is 0 Å². The standard InChI is InChI=1S/C18H18FN3O/c1-11-16(17-14(19)5-4-6-15(17)20-11)18(23)21-12-7-9-13(10-8-12)22(2)3/h4-10,20H,1-3H3,(H,21,23). The van der Waals surface area contributed by atoms with Crippen LogP contribution in [0.2, 0.25) is 0 Å². The Kier molecular flexibility index (Phi) is 3.78. The fraction of sp³-hybridized carbons (Fsp3) is 0.167. The van der Waals surface area contributed by atoms with Crippen LogP contribution in [0.4, 0.5) is 15.8 Å². The van der Waals surface area contributed by atoms with Gasteiger partial charge in [0.1, 0.15) is 5.82 Å². The second-order valence-corrected chi connectivity index (χ2v) is 5.68. The van der Waals surface area contributed by atoms with Gasteiger partial charge in [-0.05, 0) is 43.3 Å². The van der Waals surface area contributed by atoms with Crippen molar-refractivity contribution in [2.45, 2.75) is 6.92 Å². The molecule has 0 spiro atoms. The second-order valence-electron chi connectivity index (χ2n) is 5.68. The average molecular weight is 311 g/mol. The minimum atomic E-state index is -0.403. The number of fused-ring (bicyclic) bond motifs is 1. The Morgan fingerprint density at radius 1 is 1.13 bits per heavy atom. The number of anilines is 2. The van der Waals surface area contributed by atoms with E-state index in [2.05, 4.69) is 10.3 Å². The van der Waals surface area contributed by atoms with Crippen molar-refractivity contribution >= 4 is 28.2 Å². The quantitative estimate of drug-likeness (QED) is 0.770. The lowest BCUT2D eigenvalue weighted by Crippen LogP contribution is -2.13. The van der Waals surface area contributed by atoms with Crippen LogP contribution >= 0.6 is 0 Å². The number of aryl methyl sites for hydroxylation is 1. The molecular weight excluding hydrogens is 293 g/mol. The SMILES string of the molecule is Cc1[nH]c2cccc(F)c2c1C(=O)Nc1ccc(N(C)C)cc1. The number of rotatable bonds is 3. The predicted octanol–water partition coefficient (Wildman–Crippen LogP) is 3.93. The summed E-state index contributed by atoms with van der Waals surface area (Å²) in [6, 6.07) is 12.2. The Labute approximate surface area is 133 Å². The topological polar surface area (TPSA) is 48.1 Å². The summed E-state index contributed by atoms with van der Waals surface area (Å²) < 4.78 is 14.1. The third-order valence-corrected chi connectivity index (χ3v) is 3.83. The molecule has 0 radical (unpaired) electrons. The van der Waals surface area contributed by atoms with Gasteiger partial charge in [-0.25, -0.2) is 4.39 Å². The zero-order valence-corrected chi connectivity index (χ0v) is 13.3. The Hall–Kier alpha value is -2.82. The van der Waals surface area contributed by atoms with Crippen molar-refractivity contribution in [3.8, 4) is 0 Å². The highest BCUT2D eigenvalue weighted by Gasteiger charge is 2.19. The number of nitrogens with one attached hydrogen (secondary N) is 2. The van der Waals surface area contributed by atoms with Crippen LogP contribution in [0.5, 0.6) is 0 Å². The van der Waals surface area contributed by atoms with Crippen molar-refractivity contribution in [2.75, 3.05) is 24.3 Å². The lowest BCUT2D eigenvalue weighted by molar-refractivity contribution is 0.102. The monoisotopic (exact) mass is 311 g/mol. The van der Waals surface area contributed by atoms with Crippen molar-refractivity contribution in [1.29, 1.82) is 0 Å². The van der Waals surface area contributed by atoms with E-state index < -0.39 is 5.82 Å². The molecule has 2 aromatic carbocycles. The summed E-state index contributed by atoms with van der Waals surface area (Å²) >= 11 is 0. The lowest BCUT2D eigenvalue weighted by Gasteiger charge is -2.13. The highest BCUT2D eigenvalue weighted by Crippen LogP contribution is 2.26. The molecule has 3 rings (SSSR count). The number of aromatic nitrogens is 1. The van der Waals surface area contributed by atoms with Crippen LogP contribution in [0.25, 0.3) is 10.9 Å². The molecule has 0 aliphatic carbocycles. The molecule has 1 amide bonds. The number of amides is 1. The molecule has 118 valence electrons. The molecule has 0 aliphatic heterocycles. The molecule has 0 unspecified atom stereocenters. The molecule has 23 heavy (non-hydrogen) atoms. The minimum Gasteiger partial charge on any atom is -0.378 e. The van der Waals surface area contributed by atoms with Crippen molar-refractivity contribution in [2.24, 2.45) is 0 Å². The lowest BCUT2D eigenvalue weighted by atomic mass is 10.1. The molecule has 1 aromatic heterocycles. The van der Waals surface area contributed by atoms with E-state index in [4.69, 9.17) is 0 Å². The second kappa shape index (κ2) is 5.76. The zero-order valence-electron chi connectivity index (χ0n) is 13.3. The number of carbonyl (C=O) groups is 1. The van der Waals surface area contributed by atoms with Crippen molar-refractivity contribution in [3.05, 3.63) is 59.5 Å². The zero-order chi connectivity index (χ0) is 16.6. The molecule has 0 bridgehead atoms. The molecule has 4 nitrogen and oxygen atoms in total. The maximum Gasteiger partial charge on any atom is 0.258 e. The number of halogens is 1. The van der Waals surface area contributed by atoms with Crippen molar-refractivity contribution in [3.63, 3.8) is 0 Å². The van der Waals surface area contributed by atoms with Gasteiger partial charge in [-0.3, -0.25) is 4.79 Å². The summed E-state index contributed by atoms with van der Waals surface area (Å²) in [5.41, 5.74) is 3.32. The van der Waals surface area contributed by atoms with E-state index in [1.807, 2.05) is 43.3 Å². The summed E-state index contributed by atoms with van der Waals surface area (Å²) in [5.74, 6) is -0.726. The Morgan fingerprint density at radius 2 is 1.83 bits per heavy atom. The number of H-pyrrole nitrogens is 1. The van der Waals surface area contributed by atoms with Crippen molar-refractivity contribution < 1.29 is 9.18 Å². The molecule has 5 heteroatoms. The summed E-state index contributed by atoms with van der Waals surface area (Å²) in [7, 11) is 3.90. The number of nitrogens with zero attached hydrogens (tertiary/aromatic N) is 1. The van der Waals surface area contributed by atoms with E-state index >= 15 is 0 Å². The third kappa shape index (κ3) is 2.77. The summed E-state index contributed by atoms with van der Waals surface area (Å²) in [6.45, 7) is 1.77. The molecule has 1 heterocycles. The summed E-state index contributed by atoms with van der Waals surface area (Å²) in [5, 5.41) is 3.15. The van der Waals surface area contributed by atoms with E-state index in [0.717, 1.165) is 5.69 Å². The molecular formula is C18H18FN3O. The fourth-order valence-electron chi connectivity index (χ4n) is 2.65. The van der Waals surface area contributed by atoms with Crippen LogP contribution in [0.3, 0.4) is 0 Å². The number of hydrogen-bond donors (Lipinski definition) is 2. The van der Waals surface area contributed by atoms with Gasteiger partial charge in [-0.1, -0.05) is 6.07 Å². The summed E-state index contributed by atoms with van der Waals surface area (Å²) in [6.07, 6.45) is 0. The van der Waals surface area contributed by atoms with E-state index in [-0.39, 0.29) is 5.91 Å². The van der Waals surface area contributed by atoms with E-state index in [1.54, 1.807) is 19.1 Å². The van der Waals surface area contributed by atoms with E-state index in [0.29, 0.717) is 27.8 Å². The Balaban J connectivity index is 1.93. The molecule has 3 aromatic rings. The van der Waals surface area contributed by atoms with Gasteiger partial charge in [0.15, 0.2) is 0 Å². The number of benzene rings is 2. The smallest absolute Gasteiger partial charge is 0.258 e. The number of carbonyl (C=O) groups excluding carboxylic acids is 1. The first-order valence-electron chi connectivity index (χ1n) is 7.33. The molecule has 0 atom stereocenters. The number of hydrogen-bond acceptors (Lipinski definition) is 2. The maximum atomic E-state index is 14.1. The van der Waals surface area contributed by atoms with E-state index in [9.17, 15) is 9.18 Å². The van der Waals surface area contributed by atoms with Crippen LogP contribution in [0, 0.1) is 12.7 Å². The normalized spacial score (nSPS) is 10.8. The van der Waals surface area contributed by atoms with Gasteiger partial charge >= 0.3 is 0 Å². The highest BCUT2D eigenvalue weighted by atomic mass is 19.1. The first-order chi connectivity index (χ1) is 11.0. The number of aromatic amines is 1. The average Bonchev–Trinajstić information content (AvgIpc) is 2.85. The molecule has 2 N–H and O–H groups in total. The van der Waals surface area contributed by atoms with Gasteiger partial charge in [0.05, 0.1) is 5.56 Å². The molecule has 0 fully saturated rings. The molecule has 0 saturated carbocycles. The van der Waals surface area contributed by atoms with Crippen LogP contribution in [-0.2, 0) is 0 Å². The van der Waals surface area contributed by atoms with Crippen LogP contribution in [-0.4, -0.2) is 25.0 Å². The molecule has 0 aliphatic rings. The maximum absolute atomic E-state index is 14.1. The van der Waals surface area contributed by atoms with Crippen LogP contribution < -0.4 is 10.2 Å². The molecule has 0 saturated heterocycles. The first-order valence-corrected chi connectivity index (χ1v) is 7.33. The van der Waals surface area contributed by atoms with Crippen LogP contribution in [0.15, 0.2) is 42.5 Å². The first kappa shape index (κ1) is 15.1. The summed E-state index contributed by atoms with van der Waals surface area (Å²) in [4.78, 5) is 17.6. The van der Waals surface area contributed by atoms with Crippen LogP contribution in [0.1, 0.15) is 16.1 Å². The fourth-order valence-corrected chi connectivity index (χ4v) is 2.65. The van der Waals surface area contributed by atoms with Gasteiger partial charge < -0.3 is 15.2 Å². The predicted molar refractivity (Wildman–Crippen MR) is 91.7 cm³/mol. The van der Waals surface area contributed by atoms with Gasteiger partial charge in [0, 0.05) is 42.1 Å². The Bertz CT molecular complexity index is 866. The highest BCUT2D eigenvalue weighted by molar-refractivity contribution is 6.14. The van der Waals surface area contributed by atoms with Crippen molar-refractivity contribution in [1.82, 2.24) is 4.98 Å². The minimum absolute atomic E-state index is 0.323. The van der Waals surface area contributed by atoms with Gasteiger partial charge in [0.25, 0.3) is 5.91 Å². The largest absolute Gasteiger partial charge is 0.378 e. The van der Waals surface area contributed by atoms with Gasteiger partial charge in [-0.15, -0.1) is 0 Å².